The summed E-state index contributed by atoms with van der Waals surface area (Å²) in [7, 11) is 1.50. The van der Waals surface area contributed by atoms with E-state index in [0.717, 1.165) is 10.8 Å². The smallest absolute Gasteiger partial charge is 0.313 e. The fraction of sp³-hybridized carbons (Fsp3) is 0.429. The summed E-state index contributed by atoms with van der Waals surface area (Å²) in [6.07, 6.45) is 3.45. The number of carbonyl (C=O) groups excluding carboxylic acids is 4. The fourth-order valence-electron chi connectivity index (χ4n) is 8.38. The average Bonchev–Trinajstić information content (AvgIpc) is 3.78. The number of nitrogens with zero attached hydrogens (tertiary/aromatic N) is 2. The highest BCUT2D eigenvalue weighted by molar-refractivity contribution is 9.09. The largest absolute Gasteiger partial charge is 0.455 e. The first kappa shape index (κ1) is 39.3. The molecule has 11 nitrogen and oxygen atoms in total. The molecule has 286 valence electrons. The van der Waals surface area contributed by atoms with Crippen LogP contribution in [0.1, 0.15) is 43.8 Å². The van der Waals surface area contributed by atoms with Crippen molar-refractivity contribution >= 4 is 56.1 Å². The number of ether oxygens (including phenoxy) is 3. The Morgan fingerprint density at radius 3 is 2.52 bits per heavy atom. The molecule has 3 aliphatic rings. The number of benzene rings is 3. The minimum atomic E-state index is -1.33. The number of allylic oxidation sites excluding steroid dienone is 1. The van der Waals surface area contributed by atoms with E-state index in [0.29, 0.717) is 36.9 Å². The molecule has 1 unspecified atom stereocenters. The number of hydrogen-bond acceptors (Lipinski definition) is 8. The lowest BCUT2D eigenvalue weighted by Crippen LogP contribution is -2.57. The summed E-state index contributed by atoms with van der Waals surface area (Å²) in [6, 6.07) is 20.9. The van der Waals surface area contributed by atoms with Gasteiger partial charge in [0.25, 0.3) is 5.91 Å². The Morgan fingerprint density at radius 2 is 1.81 bits per heavy atom. The van der Waals surface area contributed by atoms with Crippen molar-refractivity contribution in [1.29, 1.82) is 0 Å². The maximum absolute atomic E-state index is 15.0. The van der Waals surface area contributed by atoms with Gasteiger partial charge in [-0.05, 0) is 54.2 Å². The van der Waals surface area contributed by atoms with E-state index in [2.05, 4.69) is 34.4 Å². The molecule has 1 spiro atoms. The molecule has 3 aliphatic heterocycles. The maximum atomic E-state index is 15.0. The molecule has 54 heavy (non-hydrogen) atoms. The number of methoxy groups -OCH3 is 1. The van der Waals surface area contributed by atoms with E-state index in [1.807, 2.05) is 72.8 Å². The van der Waals surface area contributed by atoms with E-state index in [9.17, 15) is 19.5 Å². The number of nitrogens with one attached hydrogen (secondary N) is 1. The zero-order chi connectivity index (χ0) is 38.4. The molecule has 2 N–H and O–H groups in total. The number of rotatable bonds is 18. The number of unbranched alkanes of at least 4 members (excludes halogenated alkanes) is 1. The minimum Gasteiger partial charge on any atom is -0.455 e. The molecule has 0 aliphatic carbocycles. The van der Waals surface area contributed by atoms with E-state index in [1.165, 1.54) is 7.11 Å². The first-order valence-electron chi connectivity index (χ1n) is 18.5. The second-order valence-corrected chi connectivity index (χ2v) is 15.3. The van der Waals surface area contributed by atoms with Gasteiger partial charge in [0.1, 0.15) is 17.7 Å². The predicted molar refractivity (Wildman–Crippen MR) is 209 cm³/mol. The number of anilines is 1. The molecular formula is C42H48BrN3O8. The normalized spacial score (nSPS) is 25.2. The quantitative estimate of drug-likeness (QED) is 0.0771. The fourth-order valence-corrected chi connectivity index (χ4v) is 9.32. The number of aliphatic hydroxyl groups is 1. The van der Waals surface area contributed by atoms with Crippen LogP contribution in [0, 0.1) is 11.8 Å². The summed E-state index contributed by atoms with van der Waals surface area (Å²) >= 11 is 3.76. The van der Waals surface area contributed by atoms with Crippen molar-refractivity contribution in [3.63, 3.8) is 0 Å². The summed E-state index contributed by atoms with van der Waals surface area (Å²) in [5.74, 6) is -3.68. The zero-order valence-corrected chi connectivity index (χ0v) is 32.1. The molecule has 3 saturated heterocycles. The van der Waals surface area contributed by atoms with Crippen molar-refractivity contribution in [2.24, 2.45) is 11.8 Å². The Hall–Kier alpha value is -4.36. The first-order chi connectivity index (χ1) is 26.2. The molecule has 0 saturated carbocycles. The predicted octanol–water partition coefficient (Wildman–Crippen LogP) is 5.26. The highest BCUT2D eigenvalue weighted by atomic mass is 79.9. The van der Waals surface area contributed by atoms with Crippen LogP contribution in [0.2, 0.25) is 0 Å². The molecule has 0 aromatic heterocycles. The van der Waals surface area contributed by atoms with Crippen molar-refractivity contribution in [1.82, 2.24) is 10.2 Å². The minimum absolute atomic E-state index is 0.0494. The highest BCUT2D eigenvalue weighted by Crippen LogP contribution is 2.60. The number of aliphatic hydroxyl groups excluding tert-OH is 1. The van der Waals surface area contributed by atoms with Gasteiger partial charge in [0.05, 0.1) is 30.6 Å². The molecule has 0 radical (unpaired) electrons. The van der Waals surface area contributed by atoms with Crippen LogP contribution in [0.3, 0.4) is 0 Å². The van der Waals surface area contributed by atoms with Crippen molar-refractivity contribution < 1.29 is 38.5 Å². The number of halogens is 1. The third kappa shape index (κ3) is 7.62. The summed E-state index contributed by atoms with van der Waals surface area (Å²) < 4.78 is 18.6. The molecule has 3 amide bonds. The monoisotopic (exact) mass is 801 g/mol. The number of esters is 1. The van der Waals surface area contributed by atoms with E-state index >= 15 is 4.79 Å². The number of carbonyl (C=O) groups is 4. The van der Waals surface area contributed by atoms with Gasteiger partial charge in [-0.1, -0.05) is 88.7 Å². The van der Waals surface area contributed by atoms with Crippen molar-refractivity contribution in [3.05, 3.63) is 104 Å². The van der Waals surface area contributed by atoms with Crippen LogP contribution in [0.5, 0.6) is 0 Å². The Morgan fingerprint density at radius 1 is 1.07 bits per heavy atom. The number of fused-ring (bicyclic) bond motifs is 2. The molecular weight excluding hydrogens is 754 g/mol. The Labute approximate surface area is 324 Å². The summed E-state index contributed by atoms with van der Waals surface area (Å²) in [5, 5.41) is 14.6. The van der Waals surface area contributed by atoms with Crippen molar-refractivity contribution in [3.8, 4) is 0 Å². The van der Waals surface area contributed by atoms with Gasteiger partial charge >= 0.3 is 5.97 Å². The van der Waals surface area contributed by atoms with Crippen LogP contribution in [0.15, 0.2) is 98.1 Å². The third-order valence-electron chi connectivity index (χ3n) is 10.7. The van der Waals surface area contributed by atoms with Crippen molar-refractivity contribution in [2.75, 3.05) is 38.3 Å². The van der Waals surface area contributed by atoms with Crippen LogP contribution >= 0.6 is 15.9 Å². The van der Waals surface area contributed by atoms with E-state index < -0.39 is 47.7 Å². The van der Waals surface area contributed by atoms with Crippen LogP contribution in [0.25, 0.3) is 10.8 Å². The topological polar surface area (TPSA) is 135 Å². The highest BCUT2D eigenvalue weighted by Gasteiger charge is 2.77. The number of alkyl halides is 1. The van der Waals surface area contributed by atoms with Gasteiger partial charge in [-0.2, -0.15) is 0 Å². The lowest BCUT2D eigenvalue weighted by Gasteiger charge is -2.37. The van der Waals surface area contributed by atoms with Gasteiger partial charge in [0.2, 0.25) is 11.8 Å². The number of amides is 3. The van der Waals surface area contributed by atoms with Crippen LogP contribution in [0.4, 0.5) is 5.69 Å². The maximum Gasteiger partial charge on any atom is 0.313 e. The molecule has 2 bridgehead atoms. The molecule has 12 heteroatoms. The molecule has 3 aromatic rings. The number of likely N-dealkylation sites (tertiary alicyclic amines) is 1. The summed E-state index contributed by atoms with van der Waals surface area (Å²) in [6.45, 7) is 7.97. The van der Waals surface area contributed by atoms with E-state index in [-0.39, 0.29) is 55.3 Å². The van der Waals surface area contributed by atoms with Gasteiger partial charge in [0.15, 0.2) is 0 Å². The van der Waals surface area contributed by atoms with Gasteiger partial charge < -0.3 is 34.4 Å². The van der Waals surface area contributed by atoms with E-state index in [4.69, 9.17) is 14.2 Å². The Balaban J connectivity index is 1.36. The Kier molecular flexibility index (Phi) is 12.7. The van der Waals surface area contributed by atoms with Gasteiger partial charge in [0, 0.05) is 43.7 Å². The van der Waals surface area contributed by atoms with E-state index in [1.54, 1.807) is 22.0 Å². The lowest BCUT2D eigenvalue weighted by atomic mass is 9.70. The molecule has 6 rings (SSSR count). The Bertz CT molecular complexity index is 1860. The summed E-state index contributed by atoms with van der Waals surface area (Å²) in [4.78, 5) is 60.1. The molecule has 8 atom stereocenters. The van der Waals surface area contributed by atoms with Crippen molar-refractivity contribution in [2.45, 2.75) is 66.8 Å². The van der Waals surface area contributed by atoms with Gasteiger partial charge in [-0.25, -0.2) is 0 Å². The third-order valence-corrected chi connectivity index (χ3v) is 11.6. The first-order valence-corrected chi connectivity index (χ1v) is 19.4. The average molecular weight is 803 g/mol. The molecule has 3 fully saturated rings. The molecule has 3 heterocycles. The standard InChI is InChI=1S/C42H48BrN3O8/c1-4-6-18-33(48)44-32(26-52-3)36(28-15-8-7-9-16-28)53-41(51)34-35-39(49)46(22-12-13-23-47)38(42(35)25-31(43)37(34)54-42)40(50)45(21-5-2)30-20-19-27-14-10-11-17-29(27)24-30/h4-5,7-11,14-17,19-20,24,31-32,34-38,47H,1-2,6,12-13,18,21-23,25-26H2,3H3,(H,44,48)/t31?,32-,34-,35+,36-,37-,38-,42+/m0/s1. The second kappa shape index (κ2) is 17.4. The van der Waals surface area contributed by atoms with Gasteiger partial charge in [-0.3, -0.25) is 19.2 Å². The van der Waals surface area contributed by atoms with Crippen LogP contribution in [-0.2, 0) is 33.4 Å². The summed E-state index contributed by atoms with van der Waals surface area (Å²) in [5.41, 5.74) is -0.0534. The number of hydrogen-bond donors (Lipinski definition) is 2. The van der Waals surface area contributed by atoms with Crippen LogP contribution in [-0.4, -0.2) is 95.7 Å². The molecule has 3 aromatic carbocycles. The zero-order valence-electron chi connectivity index (χ0n) is 30.5. The lowest BCUT2D eigenvalue weighted by molar-refractivity contribution is -0.163. The SMILES string of the molecule is C=CCCC(=O)N[C@@H](COC)[C@@H](OC(=O)[C@@H]1[C@H]2O[C@@]3(CC2Br)[C@H](C(=O)N(CC=C)c2ccc4ccccc4c2)N(CCCCO)C(=O)[C@@H]13)c1ccccc1. The van der Waals surface area contributed by atoms with Gasteiger partial charge in [-0.15, -0.1) is 13.2 Å². The van der Waals surface area contributed by atoms with Crippen LogP contribution < -0.4 is 10.2 Å². The second-order valence-electron chi connectivity index (χ2n) is 14.1.